The summed E-state index contributed by atoms with van der Waals surface area (Å²) in [6, 6.07) is 20.3. The third-order valence-electron chi connectivity index (χ3n) is 6.39. The fraction of sp³-hybridized carbons (Fsp3) is 0.226. The van der Waals surface area contributed by atoms with Gasteiger partial charge in [-0.3, -0.25) is 14.4 Å². The summed E-state index contributed by atoms with van der Waals surface area (Å²) in [5.41, 5.74) is 5.47. The molecule has 200 valence electrons. The molecule has 0 aliphatic rings. The highest BCUT2D eigenvalue weighted by Crippen LogP contribution is 2.29. The summed E-state index contributed by atoms with van der Waals surface area (Å²) in [5.74, 6) is -0.249. The zero-order valence-corrected chi connectivity index (χ0v) is 23.0. The van der Waals surface area contributed by atoms with E-state index < -0.39 is 0 Å². The second kappa shape index (κ2) is 10.9. The van der Waals surface area contributed by atoms with Crippen LogP contribution in [0.2, 0.25) is 0 Å². The van der Waals surface area contributed by atoms with Gasteiger partial charge >= 0.3 is 0 Å². The van der Waals surface area contributed by atoms with Crippen LogP contribution in [0.1, 0.15) is 49.2 Å². The average molecular weight is 524 g/mol. The molecule has 8 nitrogen and oxygen atoms in total. The fourth-order valence-corrected chi connectivity index (χ4v) is 4.20. The number of nitrogens with one attached hydrogen (secondary N) is 3. The lowest BCUT2D eigenvalue weighted by Crippen LogP contribution is -2.21. The third-order valence-corrected chi connectivity index (χ3v) is 6.39. The van der Waals surface area contributed by atoms with Gasteiger partial charge in [-0.25, -0.2) is 4.98 Å². The molecule has 0 saturated heterocycles. The second-order valence-electron chi connectivity index (χ2n) is 10.5. The van der Waals surface area contributed by atoms with Crippen molar-refractivity contribution in [3.63, 3.8) is 0 Å². The van der Waals surface area contributed by atoms with Gasteiger partial charge in [-0.1, -0.05) is 51.1 Å². The van der Waals surface area contributed by atoms with Crippen LogP contribution in [0.4, 0.5) is 22.9 Å². The number of carbonyl (C=O) groups excluding carboxylic acids is 2. The molecule has 0 atom stereocenters. The van der Waals surface area contributed by atoms with E-state index in [0.717, 1.165) is 16.7 Å². The maximum atomic E-state index is 13.0. The van der Waals surface area contributed by atoms with Crippen molar-refractivity contribution in [2.24, 2.45) is 7.05 Å². The molecule has 3 N–H and O–H groups in total. The molecular formula is C31H33N5O3. The molecule has 0 spiro atoms. The number of nitrogens with zero attached hydrogens (tertiary/aromatic N) is 2. The van der Waals surface area contributed by atoms with Crippen LogP contribution in [0, 0.1) is 6.92 Å². The molecule has 2 amide bonds. The van der Waals surface area contributed by atoms with Gasteiger partial charge in [0.25, 0.3) is 11.5 Å². The number of aromatic nitrogens is 2. The Morgan fingerprint density at radius 2 is 1.56 bits per heavy atom. The highest BCUT2D eigenvalue weighted by atomic mass is 16.2. The number of amides is 2. The van der Waals surface area contributed by atoms with Gasteiger partial charge in [0.05, 0.1) is 5.69 Å². The molecule has 0 aliphatic heterocycles. The van der Waals surface area contributed by atoms with E-state index in [4.69, 9.17) is 0 Å². The SMILES string of the molecule is CC(=O)Nc1cccc(Nc2nc(-c3cccc(NC(=O)c4ccc(C(C)(C)C)cc4)c3C)cn(C)c2=O)c1. The maximum Gasteiger partial charge on any atom is 0.293 e. The van der Waals surface area contributed by atoms with Gasteiger partial charge in [-0.15, -0.1) is 0 Å². The Morgan fingerprint density at radius 3 is 2.23 bits per heavy atom. The fourth-order valence-electron chi connectivity index (χ4n) is 4.20. The van der Waals surface area contributed by atoms with Gasteiger partial charge < -0.3 is 20.5 Å². The monoisotopic (exact) mass is 523 g/mol. The van der Waals surface area contributed by atoms with Crippen molar-refractivity contribution in [3.05, 3.63) is 100.0 Å². The maximum absolute atomic E-state index is 13.0. The van der Waals surface area contributed by atoms with E-state index in [1.807, 2.05) is 49.4 Å². The van der Waals surface area contributed by atoms with Gasteiger partial charge in [0.1, 0.15) is 0 Å². The molecular weight excluding hydrogens is 490 g/mol. The molecule has 1 heterocycles. The van der Waals surface area contributed by atoms with E-state index in [1.165, 1.54) is 11.5 Å². The van der Waals surface area contributed by atoms with Crippen molar-refractivity contribution in [3.8, 4) is 11.3 Å². The Kier molecular flexibility index (Phi) is 7.67. The molecule has 0 bridgehead atoms. The van der Waals surface area contributed by atoms with Crippen LogP contribution < -0.4 is 21.5 Å². The van der Waals surface area contributed by atoms with E-state index in [-0.39, 0.29) is 28.6 Å². The molecule has 1 aromatic heterocycles. The predicted octanol–water partition coefficient (Wildman–Crippen LogP) is 6.01. The predicted molar refractivity (Wildman–Crippen MR) is 157 cm³/mol. The Balaban J connectivity index is 1.62. The summed E-state index contributed by atoms with van der Waals surface area (Å²) in [6.07, 6.45) is 1.67. The number of rotatable bonds is 6. The van der Waals surface area contributed by atoms with Crippen LogP contribution in [0.15, 0.2) is 77.7 Å². The van der Waals surface area contributed by atoms with Crippen molar-refractivity contribution in [2.45, 2.75) is 40.0 Å². The average Bonchev–Trinajstić information content (AvgIpc) is 2.87. The largest absolute Gasteiger partial charge is 0.336 e. The molecule has 4 rings (SSSR count). The molecule has 39 heavy (non-hydrogen) atoms. The van der Waals surface area contributed by atoms with Crippen LogP contribution in [-0.2, 0) is 17.3 Å². The molecule has 8 heteroatoms. The van der Waals surface area contributed by atoms with E-state index in [1.54, 1.807) is 37.5 Å². The molecule has 0 unspecified atom stereocenters. The highest BCUT2D eigenvalue weighted by Gasteiger charge is 2.16. The minimum atomic E-state index is -0.301. The Hall–Kier alpha value is -4.72. The van der Waals surface area contributed by atoms with Crippen LogP contribution in [0.5, 0.6) is 0 Å². The minimum absolute atomic E-state index is 0.00462. The zero-order valence-electron chi connectivity index (χ0n) is 23.0. The standard InChI is InChI=1S/C31H33N5O3/c1-19-25(11-8-12-26(19)35-29(38)21-13-15-22(16-14-21)31(3,4)5)27-18-36(6)30(39)28(34-27)33-24-10-7-9-23(17-24)32-20(2)37/h7-18H,1-6H3,(H,32,37)(H,33,34)(H,35,38). The van der Waals surface area contributed by atoms with Gasteiger partial charge in [0, 0.05) is 48.4 Å². The van der Waals surface area contributed by atoms with Crippen molar-refractivity contribution < 1.29 is 9.59 Å². The summed E-state index contributed by atoms with van der Waals surface area (Å²) in [7, 11) is 1.66. The Labute approximate surface area is 228 Å². The summed E-state index contributed by atoms with van der Waals surface area (Å²) >= 11 is 0. The summed E-state index contributed by atoms with van der Waals surface area (Å²) in [6.45, 7) is 9.74. The van der Waals surface area contributed by atoms with E-state index in [9.17, 15) is 14.4 Å². The lowest BCUT2D eigenvalue weighted by molar-refractivity contribution is -0.114. The Morgan fingerprint density at radius 1 is 0.897 bits per heavy atom. The van der Waals surface area contributed by atoms with Crippen LogP contribution >= 0.6 is 0 Å². The number of benzene rings is 3. The van der Waals surface area contributed by atoms with Gasteiger partial charge in [0.2, 0.25) is 5.91 Å². The molecule has 0 saturated carbocycles. The first-order valence-corrected chi connectivity index (χ1v) is 12.7. The summed E-state index contributed by atoms with van der Waals surface area (Å²) in [4.78, 5) is 41.9. The summed E-state index contributed by atoms with van der Waals surface area (Å²) in [5, 5.41) is 8.81. The second-order valence-corrected chi connectivity index (χ2v) is 10.5. The van der Waals surface area contributed by atoms with Crippen LogP contribution in [0.25, 0.3) is 11.3 Å². The molecule has 0 aliphatic carbocycles. The van der Waals surface area contributed by atoms with Crippen molar-refractivity contribution in [2.75, 3.05) is 16.0 Å². The van der Waals surface area contributed by atoms with Gasteiger partial charge in [0.15, 0.2) is 5.82 Å². The topological polar surface area (TPSA) is 105 Å². The number of hydrogen-bond donors (Lipinski definition) is 3. The van der Waals surface area contributed by atoms with Crippen LogP contribution in [0.3, 0.4) is 0 Å². The lowest BCUT2D eigenvalue weighted by Gasteiger charge is -2.19. The highest BCUT2D eigenvalue weighted by molar-refractivity contribution is 6.05. The minimum Gasteiger partial charge on any atom is -0.336 e. The molecule has 3 aromatic carbocycles. The quantitative estimate of drug-likeness (QED) is 0.287. The summed E-state index contributed by atoms with van der Waals surface area (Å²) < 4.78 is 1.46. The first-order chi connectivity index (χ1) is 18.4. The molecule has 4 aromatic rings. The van der Waals surface area contributed by atoms with Crippen molar-refractivity contribution >= 4 is 34.7 Å². The number of aryl methyl sites for hydroxylation is 1. The smallest absolute Gasteiger partial charge is 0.293 e. The van der Waals surface area contributed by atoms with E-state index in [2.05, 4.69) is 41.7 Å². The zero-order chi connectivity index (χ0) is 28.3. The van der Waals surface area contributed by atoms with Gasteiger partial charge in [-0.2, -0.15) is 0 Å². The van der Waals surface area contributed by atoms with E-state index >= 15 is 0 Å². The first kappa shape index (κ1) is 27.3. The third kappa shape index (κ3) is 6.41. The number of anilines is 4. The van der Waals surface area contributed by atoms with Crippen molar-refractivity contribution in [1.82, 2.24) is 9.55 Å². The van der Waals surface area contributed by atoms with Gasteiger partial charge in [-0.05, 0) is 59.9 Å². The molecule has 0 radical (unpaired) electrons. The first-order valence-electron chi connectivity index (χ1n) is 12.7. The van der Waals surface area contributed by atoms with E-state index in [0.29, 0.717) is 28.3 Å². The lowest BCUT2D eigenvalue weighted by atomic mass is 9.86. The number of carbonyl (C=O) groups is 2. The van der Waals surface area contributed by atoms with Crippen molar-refractivity contribution in [1.29, 1.82) is 0 Å². The normalized spacial score (nSPS) is 11.1. The molecule has 0 fully saturated rings. The number of hydrogen-bond acceptors (Lipinski definition) is 5. The van der Waals surface area contributed by atoms with Crippen LogP contribution in [-0.4, -0.2) is 21.4 Å². The Bertz CT molecular complexity index is 1600.